The topological polar surface area (TPSA) is 38.5 Å². The fourth-order valence-electron chi connectivity index (χ4n) is 5.22. The molecule has 0 amide bonds. The fraction of sp³-hybridized carbons (Fsp3) is 0.345. The van der Waals surface area contributed by atoms with Crippen LogP contribution in [0.2, 0.25) is 0 Å². The van der Waals surface area contributed by atoms with E-state index >= 15 is 0 Å². The molecule has 2 heterocycles. The van der Waals surface area contributed by atoms with Crippen molar-refractivity contribution in [2.24, 2.45) is 0 Å². The summed E-state index contributed by atoms with van der Waals surface area (Å²) in [6.07, 6.45) is 4.01. The Bertz CT molecular complexity index is 1210. The average molecular weight is 557 g/mol. The molecule has 0 aliphatic carbocycles. The minimum atomic E-state index is -0.243. The number of hydrogen-bond acceptors (Lipinski definition) is 4. The van der Waals surface area contributed by atoms with Gasteiger partial charge in [-0.2, -0.15) is 0 Å². The third-order valence-electron chi connectivity index (χ3n) is 7.19. The second-order valence-electron chi connectivity index (χ2n) is 9.34. The second-order valence-corrected chi connectivity index (χ2v) is 9.34. The first-order valence-corrected chi connectivity index (χ1v) is 12.3. The Morgan fingerprint density at radius 2 is 1.56 bits per heavy atom. The standard InChI is InChI=1S/C29H30F2N2O2.BrH/c1-34-25-12-13-28-27(19-25)29(32-35-28)22-14-17-33(18-15-22)16-2-3-26(20-4-8-23(30)9-5-20)21-6-10-24(31)11-7-21;/h4-13,19,22,26H,2-3,14-18H2,1H3;1H. The smallest absolute Gasteiger partial charge is 0.167 e. The highest BCUT2D eigenvalue weighted by Crippen LogP contribution is 2.35. The molecule has 0 radical (unpaired) electrons. The van der Waals surface area contributed by atoms with Crippen LogP contribution in [-0.4, -0.2) is 36.8 Å². The zero-order valence-electron chi connectivity index (χ0n) is 20.3. The van der Waals surface area contributed by atoms with Crippen LogP contribution < -0.4 is 4.74 Å². The van der Waals surface area contributed by atoms with Crippen LogP contribution in [0, 0.1) is 11.6 Å². The molecule has 4 nitrogen and oxygen atoms in total. The van der Waals surface area contributed by atoms with Crippen LogP contribution in [0.1, 0.15) is 54.3 Å². The van der Waals surface area contributed by atoms with E-state index in [0.29, 0.717) is 5.92 Å². The van der Waals surface area contributed by atoms with Crippen molar-refractivity contribution >= 4 is 28.0 Å². The quantitative estimate of drug-likeness (QED) is 0.225. The number of halogens is 3. The lowest BCUT2D eigenvalue weighted by Crippen LogP contribution is -2.34. The van der Waals surface area contributed by atoms with E-state index < -0.39 is 0 Å². The third-order valence-corrected chi connectivity index (χ3v) is 7.19. The summed E-state index contributed by atoms with van der Waals surface area (Å²) >= 11 is 0. The Balaban J connectivity index is 0.00000304. The molecule has 1 aliphatic rings. The molecule has 36 heavy (non-hydrogen) atoms. The first-order chi connectivity index (χ1) is 17.1. The first kappa shape index (κ1) is 26.3. The summed E-state index contributed by atoms with van der Waals surface area (Å²) in [4.78, 5) is 2.51. The number of benzene rings is 3. The number of piperidine rings is 1. The van der Waals surface area contributed by atoms with Crippen molar-refractivity contribution in [1.29, 1.82) is 0 Å². The molecule has 0 bridgehead atoms. The van der Waals surface area contributed by atoms with Gasteiger partial charge in [-0.05, 0) is 98.9 Å². The summed E-state index contributed by atoms with van der Waals surface area (Å²) in [5.41, 5.74) is 3.96. The maximum absolute atomic E-state index is 13.5. The predicted octanol–water partition coefficient (Wildman–Crippen LogP) is 7.48. The van der Waals surface area contributed by atoms with E-state index in [1.807, 2.05) is 42.5 Å². The van der Waals surface area contributed by atoms with Gasteiger partial charge in [-0.1, -0.05) is 29.4 Å². The molecular formula is C29H31BrF2N2O2. The van der Waals surface area contributed by atoms with Crippen molar-refractivity contribution in [3.05, 3.63) is 95.2 Å². The maximum Gasteiger partial charge on any atom is 0.167 e. The van der Waals surface area contributed by atoms with Crippen molar-refractivity contribution < 1.29 is 18.0 Å². The van der Waals surface area contributed by atoms with Crippen LogP contribution in [0.25, 0.3) is 11.0 Å². The van der Waals surface area contributed by atoms with Gasteiger partial charge in [-0.3, -0.25) is 0 Å². The number of aromatic nitrogens is 1. The van der Waals surface area contributed by atoms with E-state index in [1.54, 1.807) is 7.11 Å². The van der Waals surface area contributed by atoms with Crippen molar-refractivity contribution in [3.8, 4) is 5.75 Å². The highest BCUT2D eigenvalue weighted by molar-refractivity contribution is 8.93. The molecule has 0 spiro atoms. The second kappa shape index (κ2) is 12.0. The van der Waals surface area contributed by atoms with Crippen LogP contribution in [0.3, 0.4) is 0 Å². The van der Waals surface area contributed by atoms with Gasteiger partial charge in [0.15, 0.2) is 5.58 Å². The van der Waals surface area contributed by atoms with Crippen molar-refractivity contribution in [2.45, 2.75) is 37.5 Å². The minimum Gasteiger partial charge on any atom is -0.497 e. The molecule has 5 rings (SSSR count). The Labute approximate surface area is 221 Å². The maximum atomic E-state index is 13.5. The lowest BCUT2D eigenvalue weighted by molar-refractivity contribution is 0.205. The van der Waals surface area contributed by atoms with Gasteiger partial charge >= 0.3 is 0 Å². The normalized spacial score (nSPS) is 14.8. The van der Waals surface area contributed by atoms with Gasteiger partial charge in [0.05, 0.1) is 12.8 Å². The lowest BCUT2D eigenvalue weighted by Gasteiger charge is -2.31. The molecule has 1 saturated heterocycles. The Morgan fingerprint density at radius 1 is 0.944 bits per heavy atom. The van der Waals surface area contributed by atoms with Gasteiger partial charge in [0.1, 0.15) is 17.4 Å². The zero-order valence-corrected chi connectivity index (χ0v) is 22.0. The Hall–Kier alpha value is -2.77. The summed E-state index contributed by atoms with van der Waals surface area (Å²) in [5, 5.41) is 5.43. The first-order valence-electron chi connectivity index (χ1n) is 12.3. The average Bonchev–Trinajstić information content (AvgIpc) is 3.32. The van der Waals surface area contributed by atoms with Gasteiger partial charge in [-0.25, -0.2) is 8.78 Å². The largest absolute Gasteiger partial charge is 0.497 e. The highest BCUT2D eigenvalue weighted by atomic mass is 79.9. The molecule has 0 unspecified atom stereocenters. The number of rotatable bonds is 8. The Morgan fingerprint density at radius 3 is 2.14 bits per heavy atom. The molecule has 1 fully saturated rings. The van der Waals surface area contributed by atoms with Gasteiger partial charge < -0.3 is 14.2 Å². The van der Waals surface area contributed by atoms with E-state index in [-0.39, 0.29) is 34.5 Å². The van der Waals surface area contributed by atoms with Gasteiger partial charge in [-0.15, -0.1) is 17.0 Å². The van der Waals surface area contributed by atoms with Gasteiger partial charge in [0, 0.05) is 17.2 Å². The molecule has 1 aliphatic heterocycles. The summed E-state index contributed by atoms with van der Waals surface area (Å²) in [5.74, 6) is 0.827. The summed E-state index contributed by atoms with van der Waals surface area (Å²) in [7, 11) is 1.67. The summed E-state index contributed by atoms with van der Waals surface area (Å²) in [6, 6.07) is 19.2. The van der Waals surface area contributed by atoms with Gasteiger partial charge in [0.25, 0.3) is 0 Å². The molecule has 0 saturated carbocycles. The monoisotopic (exact) mass is 556 g/mol. The lowest BCUT2D eigenvalue weighted by atomic mass is 9.87. The Kier molecular flexibility index (Phi) is 8.75. The molecule has 1 aromatic heterocycles. The van der Waals surface area contributed by atoms with E-state index in [9.17, 15) is 8.78 Å². The number of ether oxygens (including phenoxy) is 1. The third kappa shape index (κ3) is 5.95. The number of nitrogens with zero attached hydrogens (tertiary/aromatic N) is 2. The number of hydrogen-bond donors (Lipinski definition) is 0. The van der Waals surface area contributed by atoms with E-state index in [0.717, 1.165) is 78.9 Å². The van der Waals surface area contributed by atoms with Crippen LogP contribution in [-0.2, 0) is 0 Å². The SMILES string of the molecule is Br.COc1ccc2onc(C3CCN(CCCC(c4ccc(F)cc4)c4ccc(F)cc4)CC3)c2c1. The minimum absolute atomic E-state index is 0. The van der Waals surface area contributed by atoms with Crippen molar-refractivity contribution in [2.75, 3.05) is 26.7 Å². The van der Waals surface area contributed by atoms with Crippen LogP contribution in [0.5, 0.6) is 5.75 Å². The highest BCUT2D eigenvalue weighted by Gasteiger charge is 2.25. The molecule has 7 heteroatoms. The summed E-state index contributed by atoms with van der Waals surface area (Å²) < 4.78 is 37.9. The van der Waals surface area contributed by atoms with Crippen LogP contribution in [0.15, 0.2) is 71.3 Å². The van der Waals surface area contributed by atoms with Crippen molar-refractivity contribution in [1.82, 2.24) is 10.1 Å². The zero-order chi connectivity index (χ0) is 24.2. The number of methoxy groups -OCH3 is 1. The van der Waals surface area contributed by atoms with Crippen LogP contribution >= 0.6 is 17.0 Å². The summed E-state index contributed by atoms with van der Waals surface area (Å²) in [6.45, 7) is 3.03. The van der Waals surface area contributed by atoms with E-state index in [2.05, 4.69) is 10.1 Å². The molecule has 3 aromatic carbocycles. The molecule has 0 N–H and O–H groups in total. The molecule has 4 aromatic rings. The molecular weight excluding hydrogens is 526 g/mol. The van der Waals surface area contributed by atoms with Crippen LogP contribution in [0.4, 0.5) is 8.78 Å². The van der Waals surface area contributed by atoms with Crippen molar-refractivity contribution in [3.63, 3.8) is 0 Å². The molecule has 0 atom stereocenters. The van der Waals surface area contributed by atoms with Gasteiger partial charge in [0.2, 0.25) is 0 Å². The molecule has 190 valence electrons. The number of fused-ring (bicyclic) bond motifs is 1. The van der Waals surface area contributed by atoms with E-state index in [1.165, 1.54) is 24.3 Å². The predicted molar refractivity (Wildman–Crippen MR) is 143 cm³/mol. The number of likely N-dealkylation sites (tertiary alicyclic amines) is 1. The fourth-order valence-corrected chi connectivity index (χ4v) is 5.22. The van der Waals surface area contributed by atoms with E-state index in [4.69, 9.17) is 9.26 Å².